The smallest absolute Gasteiger partial charge is 0.203 e. The van der Waals surface area contributed by atoms with E-state index >= 15 is 0 Å². The highest BCUT2D eigenvalue weighted by Gasteiger charge is 2.24. The molecular formula is C14H13FN2OS. The second-order valence-corrected chi connectivity index (χ2v) is 6.12. The van der Waals surface area contributed by atoms with Gasteiger partial charge in [0.05, 0.1) is 0 Å². The monoisotopic (exact) mass is 276 g/mol. The van der Waals surface area contributed by atoms with Crippen LogP contribution in [-0.2, 0) is 5.41 Å². The highest BCUT2D eigenvalue weighted by atomic mass is 32.2. The molecule has 3 nitrogen and oxygen atoms in total. The highest BCUT2D eigenvalue weighted by molar-refractivity contribution is 7.99. The van der Waals surface area contributed by atoms with Crippen LogP contribution in [0.1, 0.15) is 32.4 Å². The third-order valence-corrected chi connectivity index (χ3v) is 3.34. The summed E-state index contributed by atoms with van der Waals surface area (Å²) in [5.74, 6) is 0.228. The standard InChI is InChI=1S/C14H13FN2OS/c1-14(2,3)13-17-11(8-16)12(18-13)19-10-6-4-9(15)5-7-10/h4-7H,1-3H3. The summed E-state index contributed by atoms with van der Waals surface area (Å²) in [5.41, 5.74) is 0.00645. The summed E-state index contributed by atoms with van der Waals surface area (Å²) >= 11 is 1.27. The molecule has 0 unspecified atom stereocenters. The lowest BCUT2D eigenvalue weighted by molar-refractivity contribution is 0.350. The van der Waals surface area contributed by atoms with Crippen LogP contribution in [0.15, 0.2) is 38.7 Å². The third kappa shape index (κ3) is 3.15. The molecule has 0 aliphatic heterocycles. The van der Waals surface area contributed by atoms with Gasteiger partial charge in [-0.25, -0.2) is 9.37 Å². The van der Waals surface area contributed by atoms with Gasteiger partial charge in [0.1, 0.15) is 11.9 Å². The maximum Gasteiger partial charge on any atom is 0.203 e. The number of hydrogen-bond donors (Lipinski definition) is 0. The zero-order chi connectivity index (χ0) is 14.0. The number of rotatable bonds is 2. The fourth-order valence-electron chi connectivity index (χ4n) is 1.38. The molecule has 2 rings (SSSR count). The lowest BCUT2D eigenvalue weighted by Gasteiger charge is -2.11. The van der Waals surface area contributed by atoms with Gasteiger partial charge in [-0.2, -0.15) is 5.26 Å². The Bertz CT molecular complexity index is 620. The minimum Gasteiger partial charge on any atom is -0.432 e. The number of oxazole rings is 1. The first-order valence-corrected chi connectivity index (χ1v) is 6.56. The Balaban J connectivity index is 2.32. The van der Waals surface area contributed by atoms with E-state index in [1.807, 2.05) is 26.8 Å². The number of benzene rings is 1. The lowest BCUT2D eigenvalue weighted by atomic mass is 9.97. The Morgan fingerprint density at radius 3 is 2.42 bits per heavy atom. The maximum atomic E-state index is 12.8. The van der Waals surface area contributed by atoms with Crippen LogP contribution in [0.5, 0.6) is 0 Å². The van der Waals surface area contributed by atoms with E-state index in [1.54, 1.807) is 12.1 Å². The fraction of sp³-hybridized carbons (Fsp3) is 0.286. The summed E-state index contributed by atoms with van der Waals surface area (Å²) in [6.45, 7) is 5.89. The van der Waals surface area contributed by atoms with Gasteiger partial charge in [0.25, 0.3) is 0 Å². The quantitative estimate of drug-likeness (QED) is 0.827. The van der Waals surface area contributed by atoms with Gasteiger partial charge in [0, 0.05) is 10.3 Å². The molecule has 19 heavy (non-hydrogen) atoms. The molecule has 0 saturated carbocycles. The number of nitrogens with zero attached hydrogens (tertiary/aromatic N) is 2. The van der Waals surface area contributed by atoms with Gasteiger partial charge in [0.2, 0.25) is 11.0 Å². The minimum absolute atomic E-state index is 0.257. The van der Waals surface area contributed by atoms with Crippen LogP contribution >= 0.6 is 11.8 Å². The van der Waals surface area contributed by atoms with E-state index in [-0.39, 0.29) is 16.9 Å². The zero-order valence-corrected chi connectivity index (χ0v) is 11.7. The summed E-state index contributed by atoms with van der Waals surface area (Å²) in [7, 11) is 0. The van der Waals surface area contributed by atoms with Crippen LogP contribution in [0.2, 0.25) is 0 Å². The third-order valence-electron chi connectivity index (χ3n) is 2.37. The van der Waals surface area contributed by atoms with Crippen LogP contribution in [0.4, 0.5) is 4.39 Å². The Hall–Kier alpha value is -1.80. The van der Waals surface area contributed by atoms with Gasteiger partial charge in [-0.05, 0) is 36.0 Å². The second kappa shape index (κ2) is 5.06. The highest BCUT2D eigenvalue weighted by Crippen LogP contribution is 2.34. The molecule has 0 aliphatic rings. The van der Waals surface area contributed by atoms with Gasteiger partial charge in [-0.15, -0.1) is 0 Å². The molecular weight excluding hydrogens is 263 g/mol. The van der Waals surface area contributed by atoms with Gasteiger partial charge in [0.15, 0.2) is 5.69 Å². The maximum absolute atomic E-state index is 12.8. The van der Waals surface area contributed by atoms with Crippen LogP contribution in [-0.4, -0.2) is 4.98 Å². The molecule has 0 saturated heterocycles. The first kappa shape index (κ1) is 13.6. The van der Waals surface area contributed by atoms with Gasteiger partial charge in [-0.1, -0.05) is 20.8 Å². The molecule has 1 heterocycles. The number of aromatic nitrogens is 1. The predicted octanol–water partition coefficient (Wildman–Crippen LogP) is 4.13. The molecule has 0 aliphatic carbocycles. The summed E-state index contributed by atoms with van der Waals surface area (Å²) in [6, 6.07) is 8.04. The molecule has 0 fully saturated rings. The Kier molecular flexibility index (Phi) is 3.63. The molecule has 0 N–H and O–H groups in total. The summed E-state index contributed by atoms with van der Waals surface area (Å²) in [4.78, 5) is 4.99. The number of halogens is 1. The van der Waals surface area contributed by atoms with Gasteiger partial charge < -0.3 is 4.42 Å². The van der Waals surface area contributed by atoms with Crippen LogP contribution in [0.25, 0.3) is 0 Å². The average Bonchev–Trinajstić information content (AvgIpc) is 2.75. The fourth-order valence-corrected chi connectivity index (χ4v) is 2.17. The first-order chi connectivity index (χ1) is 8.90. The van der Waals surface area contributed by atoms with Crippen molar-refractivity contribution in [1.29, 1.82) is 5.26 Å². The molecule has 0 atom stereocenters. The molecule has 5 heteroatoms. The molecule has 2 aromatic rings. The Morgan fingerprint density at radius 2 is 1.89 bits per heavy atom. The summed E-state index contributed by atoms with van der Waals surface area (Å²) in [6.07, 6.45) is 0. The normalized spacial score (nSPS) is 11.3. The van der Waals surface area contributed by atoms with Crippen molar-refractivity contribution >= 4 is 11.8 Å². The first-order valence-electron chi connectivity index (χ1n) is 5.75. The molecule has 0 radical (unpaired) electrons. The van der Waals surface area contributed by atoms with Crippen molar-refractivity contribution in [2.24, 2.45) is 0 Å². The van der Waals surface area contributed by atoms with Crippen molar-refractivity contribution in [2.75, 3.05) is 0 Å². The Labute approximate surface area is 115 Å². The van der Waals surface area contributed by atoms with E-state index < -0.39 is 0 Å². The number of hydrogen-bond acceptors (Lipinski definition) is 4. The molecule has 1 aromatic heterocycles. The van der Waals surface area contributed by atoms with E-state index in [2.05, 4.69) is 4.98 Å². The minimum atomic E-state index is -0.294. The van der Waals surface area contributed by atoms with E-state index in [1.165, 1.54) is 23.9 Å². The topological polar surface area (TPSA) is 49.8 Å². The molecule has 98 valence electrons. The molecule has 1 aromatic carbocycles. The zero-order valence-electron chi connectivity index (χ0n) is 10.9. The second-order valence-electron chi connectivity index (χ2n) is 5.07. The van der Waals surface area contributed by atoms with Crippen LogP contribution in [0, 0.1) is 17.1 Å². The number of nitriles is 1. The van der Waals surface area contributed by atoms with E-state index in [0.29, 0.717) is 11.0 Å². The average molecular weight is 276 g/mol. The molecule has 0 amide bonds. The van der Waals surface area contributed by atoms with E-state index in [4.69, 9.17) is 9.68 Å². The van der Waals surface area contributed by atoms with Crippen molar-refractivity contribution in [2.45, 2.75) is 36.2 Å². The molecule has 0 bridgehead atoms. The summed E-state index contributed by atoms with van der Waals surface area (Å²) in [5, 5.41) is 9.52. The lowest BCUT2D eigenvalue weighted by Crippen LogP contribution is -2.11. The van der Waals surface area contributed by atoms with Crippen LogP contribution < -0.4 is 0 Å². The van der Waals surface area contributed by atoms with Crippen molar-refractivity contribution in [3.05, 3.63) is 41.7 Å². The van der Waals surface area contributed by atoms with Crippen molar-refractivity contribution in [1.82, 2.24) is 4.98 Å². The van der Waals surface area contributed by atoms with E-state index in [9.17, 15) is 4.39 Å². The van der Waals surface area contributed by atoms with Gasteiger partial charge >= 0.3 is 0 Å². The molecule has 0 spiro atoms. The van der Waals surface area contributed by atoms with Gasteiger partial charge in [-0.3, -0.25) is 0 Å². The Morgan fingerprint density at radius 1 is 1.26 bits per heavy atom. The van der Waals surface area contributed by atoms with Crippen molar-refractivity contribution in [3.8, 4) is 6.07 Å². The predicted molar refractivity (Wildman–Crippen MR) is 70.4 cm³/mol. The van der Waals surface area contributed by atoms with Crippen LogP contribution in [0.3, 0.4) is 0 Å². The van der Waals surface area contributed by atoms with E-state index in [0.717, 1.165) is 4.90 Å². The van der Waals surface area contributed by atoms with Crippen molar-refractivity contribution in [3.63, 3.8) is 0 Å². The SMILES string of the molecule is CC(C)(C)c1nc(C#N)c(Sc2ccc(F)cc2)o1. The van der Waals surface area contributed by atoms with Crippen molar-refractivity contribution < 1.29 is 8.81 Å². The summed E-state index contributed by atoms with van der Waals surface area (Å²) < 4.78 is 18.5. The largest absolute Gasteiger partial charge is 0.432 e.